The van der Waals surface area contributed by atoms with Crippen molar-refractivity contribution in [2.75, 3.05) is 19.8 Å². The van der Waals surface area contributed by atoms with E-state index in [2.05, 4.69) is 17.3 Å². The molecule has 0 atom stereocenters. The number of aryl methyl sites for hydroxylation is 1. The van der Waals surface area contributed by atoms with Gasteiger partial charge < -0.3 is 14.8 Å². The largest absolute Gasteiger partial charge is 0.352 e. The van der Waals surface area contributed by atoms with E-state index in [1.807, 2.05) is 30.8 Å². The fraction of sp³-hybridized carbons (Fsp3) is 0.750. The molecule has 0 unspecified atom stereocenters. The molecule has 0 aliphatic rings. The molecule has 0 amide bonds. The minimum Gasteiger partial charge on any atom is -0.352 e. The Morgan fingerprint density at radius 3 is 2.59 bits per heavy atom. The van der Waals surface area contributed by atoms with Crippen LogP contribution in [0.2, 0.25) is 0 Å². The summed E-state index contributed by atoms with van der Waals surface area (Å²) in [7, 11) is 0. The lowest BCUT2D eigenvalue weighted by atomic mass is 10.4. The van der Waals surface area contributed by atoms with Gasteiger partial charge in [-0.2, -0.15) is 5.10 Å². The summed E-state index contributed by atoms with van der Waals surface area (Å²) < 4.78 is 12.9. The highest BCUT2D eigenvalue weighted by atomic mass is 16.7. The maximum Gasteiger partial charge on any atom is 0.169 e. The molecule has 1 N–H and O–H groups in total. The van der Waals surface area contributed by atoms with E-state index in [0.717, 1.165) is 13.1 Å². The standard InChI is InChI=1S/C12H23N3O2/c1-4-15-11(7-8-14-15)9-13-10-12(16-5-2)17-6-3/h7-8,12-13H,4-6,9-10H2,1-3H3. The quantitative estimate of drug-likeness (QED) is 0.664. The van der Waals surface area contributed by atoms with Crippen LogP contribution in [0.3, 0.4) is 0 Å². The first-order valence-electron chi connectivity index (χ1n) is 6.26. The summed E-state index contributed by atoms with van der Waals surface area (Å²) in [6.07, 6.45) is 1.66. The van der Waals surface area contributed by atoms with Crippen LogP contribution >= 0.6 is 0 Å². The average molecular weight is 241 g/mol. The first kappa shape index (κ1) is 14.2. The van der Waals surface area contributed by atoms with Gasteiger partial charge in [0.2, 0.25) is 0 Å². The van der Waals surface area contributed by atoms with Crippen molar-refractivity contribution in [3.63, 3.8) is 0 Å². The Bertz CT molecular complexity index is 296. The highest BCUT2D eigenvalue weighted by Gasteiger charge is 2.07. The lowest BCUT2D eigenvalue weighted by Gasteiger charge is -2.17. The molecule has 0 aliphatic carbocycles. The van der Waals surface area contributed by atoms with Crippen LogP contribution in [0.4, 0.5) is 0 Å². The van der Waals surface area contributed by atoms with Crippen molar-refractivity contribution < 1.29 is 9.47 Å². The highest BCUT2D eigenvalue weighted by molar-refractivity contribution is 4.99. The summed E-state index contributed by atoms with van der Waals surface area (Å²) in [5, 5.41) is 7.54. The summed E-state index contributed by atoms with van der Waals surface area (Å²) in [6.45, 7) is 9.72. The Labute approximate surface area is 103 Å². The number of rotatable bonds is 9. The molecule has 1 rings (SSSR count). The maximum absolute atomic E-state index is 5.45. The Morgan fingerprint density at radius 2 is 2.00 bits per heavy atom. The topological polar surface area (TPSA) is 48.3 Å². The van der Waals surface area contributed by atoms with Gasteiger partial charge in [0, 0.05) is 39.0 Å². The van der Waals surface area contributed by atoms with Crippen LogP contribution in [-0.4, -0.2) is 35.8 Å². The molecule has 0 aliphatic heterocycles. The van der Waals surface area contributed by atoms with Crippen molar-refractivity contribution in [3.8, 4) is 0 Å². The Hall–Kier alpha value is -0.910. The highest BCUT2D eigenvalue weighted by Crippen LogP contribution is 1.99. The van der Waals surface area contributed by atoms with Gasteiger partial charge in [-0.15, -0.1) is 0 Å². The Kier molecular flexibility index (Phi) is 6.84. The van der Waals surface area contributed by atoms with E-state index in [1.165, 1.54) is 5.69 Å². The van der Waals surface area contributed by atoms with Crippen molar-refractivity contribution in [1.29, 1.82) is 0 Å². The third-order valence-corrected chi connectivity index (χ3v) is 2.43. The van der Waals surface area contributed by atoms with Gasteiger partial charge in [0.1, 0.15) is 0 Å². The molecule has 0 fully saturated rings. The summed E-state index contributed by atoms with van der Waals surface area (Å²) in [5.74, 6) is 0. The second kappa shape index (κ2) is 8.22. The zero-order valence-corrected chi connectivity index (χ0v) is 11.0. The monoisotopic (exact) mass is 241 g/mol. The fourth-order valence-electron chi connectivity index (χ4n) is 1.65. The van der Waals surface area contributed by atoms with E-state index < -0.39 is 0 Å². The summed E-state index contributed by atoms with van der Waals surface area (Å²) in [6, 6.07) is 2.02. The van der Waals surface area contributed by atoms with E-state index in [0.29, 0.717) is 19.8 Å². The molecular weight excluding hydrogens is 218 g/mol. The fourth-order valence-corrected chi connectivity index (χ4v) is 1.65. The van der Waals surface area contributed by atoms with Gasteiger partial charge >= 0.3 is 0 Å². The Balaban J connectivity index is 2.30. The maximum atomic E-state index is 5.45. The predicted molar refractivity (Wildman–Crippen MR) is 66.6 cm³/mol. The summed E-state index contributed by atoms with van der Waals surface area (Å²) >= 11 is 0. The smallest absolute Gasteiger partial charge is 0.169 e. The normalized spacial score (nSPS) is 11.3. The molecule has 0 radical (unpaired) electrons. The minimum absolute atomic E-state index is 0.164. The second-order valence-corrected chi connectivity index (χ2v) is 3.61. The third kappa shape index (κ3) is 4.85. The molecule has 1 aromatic heterocycles. The molecule has 0 saturated carbocycles. The van der Waals surface area contributed by atoms with Crippen LogP contribution in [0.1, 0.15) is 26.5 Å². The lowest BCUT2D eigenvalue weighted by Crippen LogP contribution is -2.31. The van der Waals surface area contributed by atoms with E-state index in [4.69, 9.17) is 9.47 Å². The second-order valence-electron chi connectivity index (χ2n) is 3.61. The van der Waals surface area contributed by atoms with Gasteiger partial charge in [0.05, 0.1) is 5.69 Å². The predicted octanol–water partition coefficient (Wildman–Crippen LogP) is 1.39. The number of hydrogen-bond acceptors (Lipinski definition) is 4. The number of hydrogen-bond donors (Lipinski definition) is 1. The molecule has 98 valence electrons. The van der Waals surface area contributed by atoms with Crippen LogP contribution in [0.15, 0.2) is 12.3 Å². The van der Waals surface area contributed by atoms with Crippen molar-refractivity contribution in [3.05, 3.63) is 18.0 Å². The van der Waals surface area contributed by atoms with Crippen LogP contribution in [0.25, 0.3) is 0 Å². The number of aromatic nitrogens is 2. The van der Waals surface area contributed by atoms with Gasteiger partial charge in [-0.25, -0.2) is 0 Å². The Morgan fingerprint density at radius 1 is 1.29 bits per heavy atom. The number of nitrogens with one attached hydrogen (secondary N) is 1. The zero-order chi connectivity index (χ0) is 12.5. The van der Waals surface area contributed by atoms with Gasteiger partial charge in [0.15, 0.2) is 6.29 Å². The molecule has 1 aromatic rings. The molecule has 5 nitrogen and oxygen atoms in total. The van der Waals surface area contributed by atoms with Crippen LogP contribution in [-0.2, 0) is 22.6 Å². The van der Waals surface area contributed by atoms with Crippen molar-refractivity contribution in [2.45, 2.75) is 40.2 Å². The lowest BCUT2D eigenvalue weighted by molar-refractivity contribution is -0.133. The molecule has 0 spiro atoms. The van der Waals surface area contributed by atoms with E-state index in [9.17, 15) is 0 Å². The molecule has 0 saturated heterocycles. The summed E-state index contributed by atoms with van der Waals surface area (Å²) in [5.41, 5.74) is 1.18. The van der Waals surface area contributed by atoms with E-state index >= 15 is 0 Å². The zero-order valence-electron chi connectivity index (χ0n) is 11.0. The van der Waals surface area contributed by atoms with Gasteiger partial charge in [0.25, 0.3) is 0 Å². The van der Waals surface area contributed by atoms with Crippen LogP contribution < -0.4 is 5.32 Å². The van der Waals surface area contributed by atoms with E-state index in [1.54, 1.807) is 0 Å². The van der Waals surface area contributed by atoms with Gasteiger partial charge in [-0.05, 0) is 26.8 Å². The number of ether oxygens (including phenoxy) is 2. The van der Waals surface area contributed by atoms with Crippen molar-refractivity contribution in [2.24, 2.45) is 0 Å². The number of nitrogens with zero attached hydrogens (tertiary/aromatic N) is 2. The van der Waals surface area contributed by atoms with Gasteiger partial charge in [-0.1, -0.05) is 0 Å². The third-order valence-electron chi connectivity index (χ3n) is 2.43. The molecule has 17 heavy (non-hydrogen) atoms. The summed E-state index contributed by atoms with van der Waals surface area (Å²) in [4.78, 5) is 0. The molecule has 1 heterocycles. The average Bonchev–Trinajstić information content (AvgIpc) is 2.77. The van der Waals surface area contributed by atoms with Crippen molar-refractivity contribution >= 4 is 0 Å². The molecular formula is C12H23N3O2. The van der Waals surface area contributed by atoms with Crippen molar-refractivity contribution in [1.82, 2.24) is 15.1 Å². The van der Waals surface area contributed by atoms with E-state index in [-0.39, 0.29) is 6.29 Å². The van der Waals surface area contributed by atoms with Crippen LogP contribution in [0, 0.1) is 0 Å². The first-order valence-corrected chi connectivity index (χ1v) is 6.26. The minimum atomic E-state index is -0.164. The first-order chi connectivity index (χ1) is 8.31. The van der Waals surface area contributed by atoms with Gasteiger partial charge in [-0.3, -0.25) is 4.68 Å². The van der Waals surface area contributed by atoms with Crippen LogP contribution in [0.5, 0.6) is 0 Å². The SMILES string of the molecule is CCOC(CNCc1ccnn1CC)OCC. The molecule has 0 bridgehead atoms. The molecule has 0 aromatic carbocycles. The molecule has 5 heteroatoms.